The Morgan fingerprint density at radius 3 is 2.83 bits per heavy atom. The molecule has 0 unspecified atom stereocenters. The van der Waals surface area contributed by atoms with E-state index >= 15 is 0 Å². The Morgan fingerprint density at radius 2 is 2.67 bits per heavy atom. The Labute approximate surface area is 49.7 Å². The summed E-state index contributed by atoms with van der Waals surface area (Å²) in [4.78, 5) is 0. The van der Waals surface area contributed by atoms with Gasteiger partial charge >= 0.3 is 0 Å². The molecule has 0 atom stereocenters. The summed E-state index contributed by atoms with van der Waals surface area (Å²) in [6, 6.07) is 1.76. The number of aromatic nitrogens is 2. The van der Waals surface area contributed by atoms with Crippen LogP contribution in [0.25, 0.3) is 0 Å². The Balaban J connectivity index is 3.05. The summed E-state index contributed by atoms with van der Waals surface area (Å²) in [6.45, 7) is 0. The molecule has 1 rings (SSSR count). The maximum atomic E-state index is 3.70. The first kappa shape index (κ1) is 4.11. The molecular formula is C3H2IN2. The van der Waals surface area contributed by atoms with Crippen LogP contribution in [-0.2, 0) is 0 Å². The van der Waals surface area contributed by atoms with E-state index in [0.717, 1.165) is 0 Å². The highest BCUT2D eigenvalue weighted by Gasteiger charge is 1.73. The molecule has 0 aromatic carbocycles. The summed E-state index contributed by atoms with van der Waals surface area (Å²) < 4.78 is 1.66. The quantitative estimate of drug-likeness (QED) is 0.559. The SMILES string of the molecule is In1cc[c]n1. The van der Waals surface area contributed by atoms with Gasteiger partial charge in [-0.2, -0.15) is 5.10 Å². The third-order valence-corrected chi connectivity index (χ3v) is 0.963. The molecule has 0 aliphatic heterocycles. The Bertz CT molecular complexity index is 112. The molecule has 3 heteroatoms. The molecule has 0 saturated heterocycles. The predicted octanol–water partition coefficient (Wildman–Crippen LogP) is 0.881. The van der Waals surface area contributed by atoms with Gasteiger partial charge in [0.15, 0.2) is 0 Å². The molecule has 1 aromatic heterocycles. The molecule has 31 valence electrons. The van der Waals surface area contributed by atoms with Crippen LogP contribution in [0.15, 0.2) is 12.3 Å². The lowest BCUT2D eigenvalue weighted by Crippen LogP contribution is -1.72. The van der Waals surface area contributed by atoms with Crippen LogP contribution in [0.1, 0.15) is 0 Å². The maximum absolute atomic E-state index is 3.70. The van der Waals surface area contributed by atoms with Crippen LogP contribution in [0.5, 0.6) is 0 Å². The van der Waals surface area contributed by atoms with Crippen molar-refractivity contribution in [2.75, 3.05) is 0 Å². The summed E-state index contributed by atoms with van der Waals surface area (Å²) in [5, 5.41) is 3.70. The van der Waals surface area contributed by atoms with E-state index in [-0.39, 0.29) is 0 Å². The lowest BCUT2D eigenvalue weighted by atomic mass is 10.8. The topological polar surface area (TPSA) is 17.8 Å². The standard InChI is InChI=1S/C3H2IN2/c4-6-3-1-2-5-6/h1,3H. The molecule has 1 radical (unpaired) electrons. The van der Waals surface area contributed by atoms with Crippen molar-refractivity contribution >= 4 is 22.9 Å². The number of nitrogens with zero attached hydrogens (tertiary/aromatic N) is 2. The van der Waals surface area contributed by atoms with Gasteiger partial charge in [0.05, 0.1) is 22.9 Å². The number of rotatable bonds is 0. The third kappa shape index (κ3) is 0.707. The lowest BCUT2D eigenvalue weighted by molar-refractivity contribution is 1.05. The van der Waals surface area contributed by atoms with Crippen molar-refractivity contribution in [2.45, 2.75) is 0 Å². The van der Waals surface area contributed by atoms with Crippen LogP contribution in [0.2, 0.25) is 0 Å². The van der Waals surface area contributed by atoms with Crippen LogP contribution >= 0.6 is 22.9 Å². The van der Waals surface area contributed by atoms with Crippen molar-refractivity contribution in [3.05, 3.63) is 18.5 Å². The van der Waals surface area contributed by atoms with Gasteiger partial charge in [-0.25, -0.2) is 2.90 Å². The second kappa shape index (κ2) is 1.59. The Morgan fingerprint density at radius 1 is 1.83 bits per heavy atom. The van der Waals surface area contributed by atoms with Gasteiger partial charge in [0.2, 0.25) is 0 Å². The average molecular weight is 193 g/mol. The highest BCUT2D eigenvalue weighted by atomic mass is 127. The first-order valence-electron chi connectivity index (χ1n) is 1.47. The molecule has 0 N–H and O–H groups in total. The van der Waals surface area contributed by atoms with E-state index < -0.39 is 0 Å². The zero-order chi connectivity index (χ0) is 4.41. The molecule has 0 aliphatic carbocycles. The van der Waals surface area contributed by atoms with E-state index in [2.05, 4.69) is 11.3 Å². The Hall–Kier alpha value is -0.0600. The first-order chi connectivity index (χ1) is 2.89. The predicted molar refractivity (Wildman–Crippen MR) is 30.5 cm³/mol. The summed E-state index contributed by atoms with van der Waals surface area (Å²) in [5.74, 6) is 0. The minimum absolute atomic E-state index is 1.66. The van der Waals surface area contributed by atoms with Crippen molar-refractivity contribution < 1.29 is 0 Å². The van der Waals surface area contributed by atoms with E-state index in [1.807, 2.05) is 29.1 Å². The summed E-state index contributed by atoms with van der Waals surface area (Å²) in [6.07, 6.45) is 4.45. The normalized spacial score (nSPS) is 8.83. The molecule has 0 bridgehead atoms. The molecule has 0 saturated carbocycles. The summed E-state index contributed by atoms with van der Waals surface area (Å²) in [5.41, 5.74) is 0. The van der Waals surface area contributed by atoms with Gasteiger partial charge in [0.25, 0.3) is 0 Å². The van der Waals surface area contributed by atoms with Crippen LogP contribution in [0.4, 0.5) is 0 Å². The Kier molecular flexibility index (Phi) is 1.09. The molecule has 2 nitrogen and oxygen atoms in total. The molecule has 0 amide bonds. The molecule has 1 heterocycles. The third-order valence-electron chi connectivity index (χ3n) is 0.425. The molecule has 0 spiro atoms. The fourth-order valence-electron chi connectivity index (χ4n) is 0.217. The first-order valence-corrected chi connectivity index (χ1v) is 2.44. The second-order valence-corrected chi connectivity index (χ2v) is 1.82. The van der Waals surface area contributed by atoms with Crippen molar-refractivity contribution in [1.82, 2.24) is 7.99 Å². The van der Waals surface area contributed by atoms with Gasteiger partial charge in [-0.1, -0.05) is 0 Å². The van der Waals surface area contributed by atoms with Gasteiger partial charge in [-0.3, -0.25) is 0 Å². The molecule has 6 heavy (non-hydrogen) atoms. The molecule has 0 aliphatic rings. The summed E-state index contributed by atoms with van der Waals surface area (Å²) in [7, 11) is 0. The second-order valence-electron chi connectivity index (χ2n) is 0.833. The van der Waals surface area contributed by atoms with Crippen molar-refractivity contribution in [2.24, 2.45) is 0 Å². The van der Waals surface area contributed by atoms with Crippen LogP contribution in [-0.4, -0.2) is 7.99 Å². The fraction of sp³-hybridized carbons (Fsp3) is 0. The highest BCUT2D eigenvalue weighted by molar-refractivity contribution is 14.1. The van der Waals surface area contributed by atoms with E-state index in [1.165, 1.54) is 0 Å². The van der Waals surface area contributed by atoms with E-state index in [9.17, 15) is 0 Å². The number of hydrogen-bond acceptors (Lipinski definition) is 1. The minimum atomic E-state index is 1.66. The average Bonchev–Trinajstić information content (AvgIpc) is 1.86. The number of hydrogen-bond donors (Lipinski definition) is 0. The zero-order valence-electron chi connectivity index (χ0n) is 2.93. The van der Waals surface area contributed by atoms with Gasteiger partial charge < -0.3 is 0 Å². The van der Waals surface area contributed by atoms with E-state index in [0.29, 0.717) is 0 Å². The van der Waals surface area contributed by atoms with Gasteiger partial charge in [-0.15, -0.1) is 0 Å². The van der Waals surface area contributed by atoms with E-state index in [1.54, 1.807) is 8.96 Å². The minimum Gasteiger partial charge on any atom is -0.211 e. The largest absolute Gasteiger partial charge is 0.211 e. The van der Waals surface area contributed by atoms with Gasteiger partial charge in [0, 0.05) is 6.20 Å². The van der Waals surface area contributed by atoms with Crippen molar-refractivity contribution in [3.8, 4) is 0 Å². The van der Waals surface area contributed by atoms with Crippen LogP contribution in [0, 0.1) is 6.20 Å². The monoisotopic (exact) mass is 193 g/mol. The van der Waals surface area contributed by atoms with E-state index in [4.69, 9.17) is 0 Å². The lowest BCUT2D eigenvalue weighted by Gasteiger charge is -1.72. The highest BCUT2D eigenvalue weighted by Crippen LogP contribution is 1.85. The van der Waals surface area contributed by atoms with Crippen LogP contribution < -0.4 is 0 Å². The molecule has 0 fully saturated rings. The fourth-order valence-corrected chi connectivity index (χ4v) is 0.502. The smallest absolute Gasteiger partial charge is 0.113 e. The van der Waals surface area contributed by atoms with Crippen molar-refractivity contribution in [3.63, 3.8) is 0 Å². The van der Waals surface area contributed by atoms with Gasteiger partial charge in [0.1, 0.15) is 6.20 Å². The molecular weight excluding hydrogens is 191 g/mol. The maximum Gasteiger partial charge on any atom is 0.113 e. The van der Waals surface area contributed by atoms with Crippen LogP contribution in [0.3, 0.4) is 0 Å². The van der Waals surface area contributed by atoms with Gasteiger partial charge in [-0.05, 0) is 6.07 Å². The van der Waals surface area contributed by atoms with Crippen molar-refractivity contribution in [1.29, 1.82) is 0 Å². The zero-order valence-corrected chi connectivity index (χ0v) is 5.08. The summed E-state index contributed by atoms with van der Waals surface area (Å²) >= 11 is 2.05. The molecule has 1 aromatic rings. The number of halogens is 1.